The Kier molecular flexibility index (Phi) is 14.7. The summed E-state index contributed by atoms with van der Waals surface area (Å²) in [5.74, 6) is 0.662. The van der Waals surface area contributed by atoms with Gasteiger partial charge < -0.3 is 9.47 Å². The Hall–Kier alpha value is -1.81. The third kappa shape index (κ3) is 11.6. The molecule has 0 bridgehead atoms. The number of carbonyl (C=O) groups excluding carboxylic acids is 1. The molecule has 2 rings (SSSR count). The van der Waals surface area contributed by atoms with Gasteiger partial charge in [-0.1, -0.05) is 105 Å². The molecular weight excluding hydrogens is 488 g/mol. The van der Waals surface area contributed by atoms with Crippen molar-refractivity contribution in [3.63, 3.8) is 0 Å². The Morgan fingerprint density at radius 1 is 0.765 bits per heavy atom. The smallest absolute Gasteiger partial charge is 0.338 e. The Morgan fingerprint density at radius 3 is 1.79 bits per heavy atom. The lowest BCUT2D eigenvalue weighted by Crippen LogP contribution is -2.14. The predicted molar refractivity (Wildman–Crippen MR) is 147 cm³/mol. The first-order valence-corrected chi connectivity index (χ1v) is 14.4. The molecule has 188 valence electrons. The van der Waals surface area contributed by atoms with Crippen LogP contribution >= 0.6 is 15.9 Å². The molecule has 4 heteroatoms. The van der Waals surface area contributed by atoms with Crippen molar-refractivity contribution in [1.29, 1.82) is 0 Å². The Labute approximate surface area is 215 Å². The first-order chi connectivity index (χ1) is 16.6. The molecule has 2 aromatic carbocycles. The third-order valence-electron chi connectivity index (χ3n) is 6.11. The van der Waals surface area contributed by atoms with Crippen molar-refractivity contribution in [2.75, 3.05) is 11.9 Å². The second-order valence-electron chi connectivity index (χ2n) is 9.18. The number of hydrogen-bond donors (Lipinski definition) is 0. The summed E-state index contributed by atoms with van der Waals surface area (Å²) in [6, 6.07) is 15.8. The molecule has 0 heterocycles. The fraction of sp³-hybridized carbons (Fsp3) is 0.567. The van der Waals surface area contributed by atoms with E-state index in [1.807, 2.05) is 43.3 Å². The minimum absolute atomic E-state index is 0.0477. The van der Waals surface area contributed by atoms with E-state index in [1.165, 1.54) is 57.8 Å². The number of benzene rings is 2. The second kappa shape index (κ2) is 17.6. The van der Waals surface area contributed by atoms with Crippen molar-refractivity contribution in [2.45, 2.75) is 97.0 Å². The number of halogens is 1. The van der Waals surface area contributed by atoms with Crippen molar-refractivity contribution in [3.8, 4) is 16.9 Å². The maximum atomic E-state index is 12.2. The summed E-state index contributed by atoms with van der Waals surface area (Å²) in [7, 11) is 0. The molecule has 0 fully saturated rings. The highest BCUT2D eigenvalue weighted by molar-refractivity contribution is 9.09. The van der Waals surface area contributed by atoms with Crippen LogP contribution in [0, 0.1) is 0 Å². The highest BCUT2D eigenvalue weighted by Gasteiger charge is 2.11. The fourth-order valence-corrected chi connectivity index (χ4v) is 4.46. The minimum Gasteiger partial charge on any atom is -0.494 e. The van der Waals surface area contributed by atoms with Crippen LogP contribution in [0.25, 0.3) is 11.1 Å². The molecule has 0 spiro atoms. The lowest BCUT2D eigenvalue weighted by Gasteiger charge is -2.12. The van der Waals surface area contributed by atoms with Crippen LogP contribution in [0.1, 0.15) is 101 Å². The monoisotopic (exact) mass is 530 g/mol. The normalized spacial score (nSPS) is 11.9. The molecule has 0 radical (unpaired) electrons. The number of ether oxygens (including phenoxy) is 2. The standard InChI is InChI=1S/C30H43BrO3/c1-3-14-25(2)34-30(32)28-17-15-26(16-18-28)27-19-21-29(22-20-27)33-24-13-11-9-7-5-4-6-8-10-12-23-31/h15-22,25H,3-14,23-24H2,1-2H3. The maximum Gasteiger partial charge on any atom is 0.338 e. The van der Waals surface area contributed by atoms with E-state index < -0.39 is 0 Å². The summed E-state index contributed by atoms with van der Waals surface area (Å²) >= 11 is 3.49. The number of unbranched alkanes of at least 4 members (excludes halogenated alkanes) is 9. The molecule has 0 aliphatic carbocycles. The topological polar surface area (TPSA) is 35.5 Å². The molecule has 0 aromatic heterocycles. The highest BCUT2D eigenvalue weighted by Crippen LogP contribution is 2.23. The molecule has 2 aromatic rings. The van der Waals surface area contributed by atoms with Crippen LogP contribution in [0.2, 0.25) is 0 Å². The zero-order valence-corrected chi connectivity index (χ0v) is 22.8. The van der Waals surface area contributed by atoms with Gasteiger partial charge in [0.2, 0.25) is 0 Å². The van der Waals surface area contributed by atoms with Crippen molar-refractivity contribution in [2.24, 2.45) is 0 Å². The first kappa shape index (κ1) is 28.4. The molecule has 0 aliphatic heterocycles. The zero-order chi connectivity index (χ0) is 24.4. The summed E-state index contributed by atoms with van der Waals surface area (Å²) in [6.45, 7) is 4.81. The summed E-state index contributed by atoms with van der Waals surface area (Å²) < 4.78 is 11.4. The van der Waals surface area contributed by atoms with Gasteiger partial charge in [0, 0.05) is 5.33 Å². The van der Waals surface area contributed by atoms with E-state index in [1.54, 1.807) is 0 Å². The quantitative estimate of drug-likeness (QED) is 0.109. The largest absolute Gasteiger partial charge is 0.494 e. The minimum atomic E-state index is -0.253. The number of hydrogen-bond acceptors (Lipinski definition) is 3. The van der Waals surface area contributed by atoms with Gasteiger partial charge in [-0.15, -0.1) is 0 Å². The van der Waals surface area contributed by atoms with Crippen LogP contribution in [0.4, 0.5) is 0 Å². The summed E-state index contributed by atoms with van der Waals surface area (Å²) in [5.41, 5.74) is 2.78. The van der Waals surface area contributed by atoms with Crippen molar-refractivity contribution >= 4 is 21.9 Å². The van der Waals surface area contributed by atoms with Crippen LogP contribution < -0.4 is 4.74 Å². The first-order valence-electron chi connectivity index (χ1n) is 13.2. The zero-order valence-electron chi connectivity index (χ0n) is 21.2. The van der Waals surface area contributed by atoms with E-state index >= 15 is 0 Å². The van der Waals surface area contributed by atoms with Gasteiger partial charge in [0.25, 0.3) is 0 Å². The molecule has 0 N–H and O–H groups in total. The number of esters is 1. The van der Waals surface area contributed by atoms with Gasteiger partial charge in [0.15, 0.2) is 0 Å². The van der Waals surface area contributed by atoms with Crippen molar-refractivity contribution in [3.05, 3.63) is 54.1 Å². The molecule has 1 atom stereocenters. The molecular formula is C30H43BrO3. The van der Waals surface area contributed by atoms with Gasteiger partial charge in [0.05, 0.1) is 18.3 Å². The van der Waals surface area contributed by atoms with E-state index in [9.17, 15) is 4.79 Å². The van der Waals surface area contributed by atoms with E-state index in [0.717, 1.165) is 48.1 Å². The summed E-state index contributed by atoms with van der Waals surface area (Å²) in [6.07, 6.45) is 15.1. The number of carbonyl (C=O) groups is 1. The Balaban J connectivity index is 1.62. The van der Waals surface area contributed by atoms with Crippen LogP contribution in [-0.4, -0.2) is 24.0 Å². The molecule has 34 heavy (non-hydrogen) atoms. The average Bonchev–Trinajstić information content (AvgIpc) is 2.85. The van der Waals surface area contributed by atoms with Gasteiger partial charge in [-0.3, -0.25) is 0 Å². The lowest BCUT2D eigenvalue weighted by molar-refractivity contribution is 0.0323. The van der Waals surface area contributed by atoms with Gasteiger partial charge in [-0.25, -0.2) is 4.79 Å². The van der Waals surface area contributed by atoms with E-state index in [0.29, 0.717) is 5.56 Å². The van der Waals surface area contributed by atoms with Gasteiger partial charge in [0.1, 0.15) is 5.75 Å². The van der Waals surface area contributed by atoms with E-state index in [4.69, 9.17) is 9.47 Å². The average molecular weight is 532 g/mol. The molecule has 0 saturated heterocycles. The van der Waals surface area contributed by atoms with Crippen LogP contribution in [0.5, 0.6) is 5.75 Å². The summed E-state index contributed by atoms with van der Waals surface area (Å²) in [5, 5.41) is 1.14. The predicted octanol–water partition coefficient (Wildman–Crippen LogP) is 9.37. The SMILES string of the molecule is CCCC(C)OC(=O)c1ccc(-c2ccc(OCCCCCCCCCCCCBr)cc2)cc1. The Bertz CT molecular complexity index is 786. The number of alkyl halides is 1. The van der Waals surface area contributed by atoms with E-state index in [2.05, 4.69) is 35.0 Å². The summed E-state index contributed by atoms with van der Waals surface area (Å²) in [4.78, 5) is 12.2. The maximum absolute atomic E-state index is 12.2. The van der Waals surface area contributed by atoms with Gasteiger partial charge in [-0.2, -0.15) is 0 Å². The molecule has 0 aliphatic rings. The molecule has 0 saturated carbocycles. The number of rotatable bonds is 18. The van der Waals surface area contributed by atoms with Crippen molar-refractivity contribution in [1.82, 2.24) is 0 Å². The molecule has 1 unspecified atom stereocenters. The molecule has 3 nitrogen and oxygen atoms in total. The van der Waals surface area contributed by atoms with Gasteiger partial charge in [-0.05, 0) is 61.6 Å². The van der Waals surface area contributed by atoms with Crippen molar-refractivity contribution < 1.29 is 14.3 Å². The van der Waals surface area contributed by atoms with E-state index in [-0.39, 0.29) is 12.1 Å². The lowest BCUT2D eigenvalue weighted by atomic mass is 10.0. The van der Waals surface area contributed by atoms with Gasteiger partial charge >= 0.3 is 5.97 Å². The fourth-order valence-electron chi connectivity index (χ4n) is 4.06. The second-order valence-corrected chi connectivity index (χ2v) is 9.97. The third-order valence-corrected chi connectivity index (χ3v) is 6.67. The van der Waals surface area contributed by atoms with Crippen LogP contribution in [0.3, 0.4) is 0 Å². The highest BCUT2D eigenvalue weighted by atomic mass is 79.9. The van der Waals surface area contributed by atoms with Crippen LogP contribution in [0.15, 0.2) is 48.5 Å². The van der Waals surface area contributed by atoms with Crippen LogP contribution in [-0.2, 0) is 4.74 Å². The Morgan fingerprint density at radius 2 is 1.26 bits per heavy atom. The molecule has 0 amide bonds.